The van der Waals surface area contributed by atoms with Crippen LogP contribution in [0.15, 0.2) is 61.1 Å². The molecule has 1 amide bonds. The molecule has 0 aliphatic carbocycles. The van der Waals surface area contributed by atoms with E-state index in [0.717, 1.165) is 18.4 Å². The second kappa shape index (κ2) is 11.7. The average Bonchev–Trinajstić information content (AvgIpc) is 3.29. The number of halogens is 4. The summed E-state index contributed by atoms with van der Waals surface area (Å²) in [5.74, 6) is 0.0317. The molecular weight excluding hydrogens is 571 g/mol. The number of nitrogens with one attached hydrogen (secondary N) is 2. The van der Waals surface area contributed by atoms with Crippen LogP contribution in [-0.4, -0.2) is 46.9 Å². The van der Waals surface area contributed by atoms with Gasteiger partial charge in [-0.15, -0.1) is 0 Å². The van der Waals surface area contributed by atoms with Crippen molar-refractivity contribution in [3.05, 3.63) is 71.6 Å². The molecule has 1 unspecified atom stereocenters. The van der Waals surface area contributed by atoms with Crippen LogP contribution in [0.4, 0.5) is 24.7 Å². The van der Waals surface area contributed by atoms with Gasteiger partial charge in [0.2, 0.25) is 5.91 Å². The number of aromatic nitrogens is 3. The van der Waals surface area contributed by atoms with Crippen LogP contribution in [0, 0.1) is 0 Å². The van der Waals surface area contributed by atoms with E-state index in [1.807, 2.05) is 4.57 Å². The third-order valence-corrected chi connectivity index (χ3v) is 7.84. The number of ether oxygens (including phenoxy) is 1. The molecule has 2 aromatic heterocycles. The standard InChI is InChI=1S/C26H25ClF3N5O4S/c1-3-22(40(2,37)38)25(36)31-10-12-35-11-9-20-23(35)24(33-15-32-20)34-17-7-8-21(19(27)14-17)39-18-6-4-5-16(13-18)26(28,29)30/h4-9,11,13-15,22H,3,10,12H2,1-2H3,(H,31,36)(H,32,33,34). The molecule has 2 heterocycles. The lowest BCUT2D eigenvalue weighted by Gasteiger charge is -2.15. The van der Waals surface area contributed by atoms with Gasteiger partial charge in [0.25, 0.3) is 0 Å². The second-order valence-electron chi connectivity index (χ2n) is 8.88. The van der Waals surface area contributed by atoms with Gasteiger partial charge in [0.15, 0.2) is 15.7 Å². The molecule has 0 saturated heterocycles. The minimum atomic E-state index is -4.50. The van der Waals surface area contributed by atoms with E-state index in [1.165, 1.54) is 24.5 Å². The maximum Gasteiger partial charge on any atom is 0.416 e. The van der Waals surface area contributed by atoms with Crippen molar-refractivity contribution in [3.8, 4) is 11.5 Å². The zero-order chi connectivity index (χ0) is 29.1. The number of amides is 1. The summed E-state index contributed by atoms with van der Waals surface area (Å²) in [6.45, 7) is 2.13. The molecule has 0 aliphatic rings. The molecule has 0 aliphatic heterocycles. The Bertz CT molecular complexity index is 1640. The van der Waals surface area contributed by atoms with Crippen molar-refractivity contribution in [2.75, 3.05) is 18.1 Å². The highest BCUT2D eigenvalue weighted by atomic mass is 35.5. The number of carbonyl (C=O) groups excluding carboxylic acids is 1. The third kappa shape index (κ3) is 6.83. The summed E-state index contributed by atoms with van der Waals surface area (Å²) in [6.07, 6.45) is -0.154. The maximum absolute atomic E-state index is 13.0. The first-order valence-electron chi connectivity index (χ1n) is 12.0. The largest absolute Gasteiger partial charge is 0.456 e. The van der Waals surface area contributed by atoms with Crippen molar-refractivity contribution in [2.45, 2.75) is 31.3 Å². The van der Waals surface area contributed by atoms with Crippen LogP contribution in [-0.2, 0) is 27.4 Å². The normalized spacial score (nSPS) is 12.8. The number of rotatable bonds is 10. The Morgan fingerprint density at radius 3 is 2.60 bits per heavy atom. The molecule has 0 radical (unpaired) electrons. The minimum Gasteiger partial charge on any atom is -0.456 e. The summed E-state index contributed by atoms with van der Waals surface area (Å²) in [6, 6.07) is 10.9. The lowest BCUT2D eigenvalue weighted by Crippen LogP contribution is -2.40. The van der Waals surface area contributed by atoms with Gasteiger partial charge in [0.05, 0.1) is 16.1 Å². The topological polar surface area (TPSA) is 115 Å². The zero-order valence-electron chi connectivity index (χ0n) is 21.4. The van der Waals surface area contributed by atoms with Crippen LogP contribution in [0.2, 0.25) is 5.02 Å². The summed E-state index contributed by atoms with van der Waals surface area (Å²) in [5.41, 5.74) is 0.950. The van der Waals surface area contributed by atoms with Crippen LogP contribution in [0.1, 0.15) is 18.9 Å². The molecule has 4 aromatic rings. The van der Waals surface area contributed by atoms with Crippen molar-refractivity contribution in [1.82, 2.24) is 19.9 Å². The van der Waals surface area contributed by atoms with Gasteiger partial charge in [-0.2, -0.15) is 13.2 Å². The third-order valence-electron chi connectivity index (χ3n) is 5.97. The highest BCUT2D eigenvalue weighted by Crippen LogP contribution is 2.36. The van der Waals surface area contributed by atoms with E-state index in [2.05, 4.69) is 20.6 Å². The summed E-state index contributed by atoms with van der Waals surface area (Å²) in [7, 11) is -3.52. The number of alkyl halides is 3. The minimum absolute atomic E-state index is 0.0124. The second-order valence-corrected chi connectivity index (χ2v) is 11.5. The Labute approximate surface area is 233 Å². The molecule has 212 valence electrons. The number of anilines is 2. The Balaban J connectivity index is 1.49. The molecule has 0 bridgehead atoms. The van der Waals surface area contributed by atoms with Gasteiger partial charge in [0, 0.05) is 31.2 Å². The highest BCUT2D eigenvalue weighted by molar-refractivity contribution is 7.92. The quantitative estimate of drug-likeness (QED) is 0.246. The van der Waals surface area contributed by atoms with Crippen molar-refractivity contribution >= 4 is 49.9 Å². The predicted octanol–water partition coefficient (Wildman–Crippen LogP) is 5.58. The van der Waals surface area contributed by atoms with E-state index in [-0.39, 0.29) is 29.5 Å². The first-order chi connectivity index (χ1) is 18.9. The van der Waals surface area contributed by atoms with Crippen molar-refractivity contribution < 1.29 is 31.1 Å². The van der Waals surface area contributed by atoms with E-state index in [4.69, 9.17) is 16.3 Å². The molecule has 40 heavy (non-hydrogen) atoms. The Kier molecular flexibility index (Phi) is 8.54. The lowest BCUT2D eigenvalue weighted by atomic mass is 10.2. The first kappa shape index (κ1) is 29.2. The first-order valence-corrected chi connectivity index (χ1v) is 14.4. The fourth-order valence-electron chi connectivity index (χ4n) is 4.07. The summed E-state index contributed by atoms with van der Waals surface area (Å²) in [5, 5.41) is 4.86. The summed E-state index contributed by atoms with van der Waals surface area (Å²) < 4.78 is 70.1. The molecular formula is C26H25ClF3N5O4S. The van der Waals surface area contributed by atoms with Crippen LogP contribution in [0.5, 0.6) is 11.5 Å². The van der Waals surface area contributed by atoms with Gasteiger partial charge in [-0.3, -0.25) is 4.79 Å². The van der Waals surface area contributed by atoms with Crippen LogP contribution in [0.25, 0.3) is 11.0 Å². The molecule has 9 nitrogen and oxygen atoms in total. The SMILES string of the molecule is CCC(C(=O)NCCn1ccc2ncnc(Nc3ccc(Oc4cccc(C(F)(F)F)c4)c(Cl)c3)c21)S(C)(=O)=O. The van der Waals surface area contributed by atoms with Crippen LogP contribution in [0.3, 0.4) is 0 Å². The van der Waals surface area contributed by atoms with Gasteiger partial charge < -0.3 is 19.9 Å². The van der Waals surface area contributed by atoms with Gasteiger partial charge in [-0.1, -0.05) is 24.6 Å². The van der Waals surface area contributed by atoms with E-state index in [9.17, 15) is 26.4 Å². The number of carbonyl (C=O) groups is 1. The van der Waals surface area contributed by atoms with Crippen LogP contribution >= 0.6 is 11.6 Å². The Morgan fingerprint density at radius 2 is 1.93 bits per heavy atom. The van der Waals surface area contributed by atoms with Crippen molar-refractivity contribution in [1.29, 1.82) is 0 Å². The van der Waals surface area contributed by atoms with Crippen LogP contribution < -0.4 is 15.4 Å². The molecule has 0 fully saturated rings. The Morgan fingerprint density at radius 1 is 1.15 bits per heavy atom. The number of fused-ring (bicyclic) bond motifs is 1. The van der Waals surface area contributed by atoms with Gasteiger partial charge in [-0.05, 0) is 48.9 Å². The van der Waals surface area contributed by atoms with Crippen molar-refractivity contribution in [3.63, 3.8) is 0 Å². The predicted molar refractivity (Wildman–Crippen MR) is 146 cm³/mol. The van der Waals surface area contributed by atoms with Crippen molar-refractivity contribution in [2.24, 2.45) is 0 Å². The number of benzene rings is 2. The molecule has 4 rings (SSSR count). The van der Waals surface area contributed by atoms with E-state index in [1.54, 1.807) is 31.3 Å². The number of hydrogen-bond acceptors (Lipinski definition) is 7. The zero-order valence-corrected chi connectivity index (χ0v) is 22.9. The average molecular weight is 596 g/mol. The number of nitrogens with zero attached hydrogens (tertiary/aromatic N) is 3. The molecule has 0 saturated carbocycles. The van der Waals surface area contributed by atoms with E-state index < -0.39 is 32.7 Å². The Hall–Kier alpha value is -3.84. The summed E-state index contributed by atoms with van der Waals surface area (Å²) >= 11 is 6.36. The fraction of sp³-hybridized carbons (Fsp3) is 0.269. The maximum atomic E-state index is 13.0. The molecule has 1 atom stereocenters. The van der Waals surface area contributed by atoms with Gasteiger partial charge >= 0.3 is 6.18 Å². The van der Waals surface area contributed by atoms with E-state index >= 15 is 0 Å². The smallest absolute Gasteiger partial charge is 0.416 e. The fourth-order valence-corrected chi connectivity index (χ4v) is 5.36. The van der Waals surface area contributed by atoms with Gasteiger partial charge in [0.1, 0.15) is 28.6 Å². The molecule has 0 spiro atoms. The molecule has 14 heteroatoms. The number of hydrogen-bond donors (Lipinski definition) is 2. The lowest BCUT2D eigenvalue weighted by molar-refractivity contribution is -0.137. The number of sulfone groups is 1. The van der Waals surface area contributed by atoms with E-state index in [0.29, 0.717) is 29.1 Å². The van der Waals surface area contributed by atoms with Gasteiger partial charge in [-0.25, -0.2) is 18.4 Å². The monoisotopic (exact) mass is 595 g/mol. The molecule has 2 aromatic carbocycles. The highest BCUT2D eigenvalue weighted by Gasteiger charge is 2.30. The summed E-state index contributed by atoms with van der Waals surface area (Å²) in [4.78, 5) is 20.9. The molecule has 2 N–H and O–H groups in total.